The van der Waals surface area contributed by atoms with Crippen molar-refractivity contribution >= 4 is 6.03 Å². The van der Waals surface area contributed by atoms with Gasteiger partial charge in [0.1, 0.15) is 0 Å². The summed E-state index contributed by atoms with van der Waals surface area (Å²) >= 11 is 0. The number of unbranched alkanes of at least 4 members (excludes halogenated alkanes) is 1. The Morgan fingerprint density at radius 1 is 1.44 bits per heavy atom. The number of nitrogens with two attached hydrogens (primary N) is 1. The fraction of sp³-hybridized carbons (Fsp3) is 0.417. The molecule has 4 heteroatoms. The monoisotopic (exact) mass is 222 g/mol. The number of aryl methyl sites for hydroxylation is 1. The lowest BCUT2D eigenvalue weighted by Gasteiger charge is -2.05. The first-order valence-corrected chi connectivity index (χ1v) is 5.47. The van der Waals surface area contributed by atoms with Crippen LogP contribution in [0.15, 0.2) is 24.3 Å². The second kappa shape index (κ2) is 6.85. The fourth-order valence-electron chi connectivity index (χ4n) is 1.45. The van der Waals surface area contributed by atoms with Crippen LogP contribution in [-0.2, 0) is 17.9 Å². The highest BCUT2D eigenvalue weighted by atomic mass is 16.7. The van der Waals surface area contributed by atoms with Crippen LogP contribution in [0.3, 0.4) is 0 Å². The standard InChI is InChI=1S/C12H18N2O2/c1-2-3-5-10-6-4-7-11(8-10)9-16-14-12(13)15/h4,6-8H,2-3,5,9H2,1H3,(H3,13,14,15). The molecule has 1 aromatic rings. The van der Waals surface area contributed by atoms with E-state index in [1.165, 1.54) is 18.4 Å². The Labute approximate surface area is 95.7 Å². The molecule has 0 aliphatic carbocycles. The number of urea groups is 1. The van der Waals surface area contributed by atoms with Crippen LogP contribution in [0.5, 0.6) is 0 Å². The highest BCUT2D eigenvalue weighted by Crippen LogP contribution is 2.09. The third-order valence-corrected chi connectivity index (χ3v) is 2.22. The van der Waals surface area contributed by atoms with Crippen molar-refractivity contribution in [2.45, 2.75) is 32.8 Å². The Balaban J connectivity index is 2.43. The summed E-state index contributed by atoms with van der Waals surface area (Å²) in [5.41, 5.74) is 9.30. The van der Waals surface area contributed by atoms with Gasteiger partial charge in [-0.3, -0.25) is 4.84 Å². The predicted octanol–water partition coefficient (Wildman–Crippen LogP) is 2.13. The molecule has 16 heavy (non-hydrogen) atoms. The van der Waals surface area contributed by atoms with Crippen molar-refractivity contribution in [3.8, 4) is 0 Å². The molecule has 3 N–H and O–H groups in total. The largest absolute Gasteiger partial charge is 0.350 e. The lowest BCUT2D eigenvalue weighted by molar-refractivity contribution is 0.0521. The maximum Gasteiger partial charge on any atom is 0.336 e. The van der Waals surface area contributed by atoms with Gasteiger partial charge in [0.2, 0.25) is 0 Å². The molecule has 0 saturated heterocycles. The van der Waals surface area contributed by atoms with Crippen LogP contribution < -0.4 is 11.2 Å². The Kier molecular flexibility index (Phi) is 5.36. The molecule has 2 amide bonds. The minimum Gasteiger partial charge on any atom is -0.350 e. The van der Waals surface area contributed by atoms with Gasteiger partial charge >= 0.3 is 6.03 Å². The molecule has 0 aliphatic rings. The van der Waals surface area contributed by atoms with Gasteiger partial charge in [-0.15, -0.1) is 0 Å². The molecule has 0 radical (unpaired) electrons. The van der Waals surface area contributed by atoms with E-state index >= 15 is 0 Å². The normalized spacial score (nSPS) is 10.1. The molecule has 1 aromatic carbocycles. The van der Waals surface area contributed by atoms with E-state index < -0.39 is 6.03 Å². The molecular formula is C12H18N2O2. The number of carbonyl (C=O) groups excluding carboxylic acids is 1. The van der Waals surface area contributed by atoms with Crippen LogP contribution in [0.25, 0.3) is 0 Å². The third-order valence-electron chi connectivity index (χ3n) is 2.22. The highest BCUT2D eigenvalue weighted by molar-refractivity contribution is 5.70. The van der Waals surface area contributed by atoms with Crippen LogP contribution in [0.1, 0.15) is 30.9 Å². The SMILES string of the molecule is CCCCc1cccc(CONC(N)=O)c1. The van der Waals surface area contributed by atoms with Crippen LogP contribution in [0.4, 0.5) is 4.79 Å². The van der Waals surface area contributed by atoms with E-state index in [1.54, 1.807) is 0 Å². The van der Waals surface area contributed by atoms with Gasteiger partial charge in [0, 0.05) is 0 Å². The summed E-state index contributed by atoms with van der Waals surface area (Å²) in [6, 6.07) is 7.45. The number of carbonyl (C=O) groups is 1. The zero-order valence-electron chi connectivity index (χ0n) is 9.53. The summed E-state index contributed by atoms with van der Waals surface area (Å²) in [7, 11) is 0. The number of hydroxylamine groups is 1. The highest BCUT2D eigenvalue weighted by Gasteiger charge is 1.97. The number of amides is 2. The summed E-state index contributed by atoms with van der Waals surface area (Å²) in [6.45, 7) is 2.51. The van der Waals surface area contributed by atoms with Crippen LogP contribution >= 0.6 is 0 Å². The molecule has 1 rings (SSSR count). The molecule has 0 atom stereocenters. The number of rotatable bonds is 6. The molecule has 0 aromatic heterocycles. The number of nitrogens with one attached hydrogen (secondary N) is 1. The number of benzene rings is 1. The van der Waals surface area contributed by atoms with Crippen molar-refractivity contribution in [1.29, 1.82) is 0 Å². The quantitative estimate of drug-likeness (QED) is 0.724. The molecule has 0 aliphatic heterocycles. The third kappa shape index (κ3) is 4.79. The van der Waals surface area contributed by atoms with Crippen molar-refractivity contribution in [2.24, 2.45) is 5.73 Å². The molecule has 0 bridgehead atoms. The van der Waals surface area contributed by atoms with Crippen molar-refractivity contribution in [3.63, 3.8) is 0 Å². The van der Waals surface area contributed by atoms with Crippen molar-refractivity contribution < 1.29 is 9.63 Å². The Bertz CT molecular complexity index is 340. The van der Waals surface area contributed by atoms with Gasteiger partial charge in [-0.05, 0) is 24.0 Å². The Hall–Kier alpha value is -1.55. The molecule has 0 heterocycles. The molecule has 0 saturated carbocycles. The summed E-state index contributed by atoms with van der Waals surface area (Å²) in [6.07, 6.45) is 3.45. The topological polar surface area (TPSA) is 64.3 Å². The first-order valence-electron chi connectivity index (χ1n) is 5.47. The average molecular weight is 222 g/mol. The maximum absolute atomic E-state index is 10.4. The lowest BCUT2D eigenvalue weighted by Crippen LogP contribution is -2.29. The second-order valence-electron chi connectivity index (χ2n) is 3.68. The van der Waals surface area contributed by atoms with E-state index in [4.69, 9.17) is 10.6 Å². The van der Waals surface area contributed by atoms with Crippen LogP contribution in [-0.4, -0.2) is 6.03 Å². The number of primary amides is 1. The molecule has 88 valence electrons. The van der Waals surface area contributed by atoms with Crippen LogP contribution in [0.2, 0.25) is 0 Å². The van der Waals surface area contributed by atoms with Crippen LogP contribution in [0, 0.1) is 0 Å². The first-order chi connectivity index (χ1) is 7.72. The Morgan fingerprint density at radius 3 is 2.88 bits per heavy atom. The predicted molar refractivity (Wildman–Crippen MR) is 62.6 cm³/mol. The molecule has 0 fully saturated rings. The van der Waals surface area contributed by atoms with E-state index in [0.29, 0.717) is 6.61 Å². The van der Waals surface area contributed by atoms with Gasteiger partial charge in [0.05, 0.1) is 6.61 Å². The van der Waals surface area contributed by atoms with Gasteiger partial charge in [-0.1, -0.05) is 37.6 Å². The summed E-state index contributed by atoms with van der Waals surface area (Å²) in [5, 5.41) is 0. The van der Waals surface area contributed by atoms with E-state index in [1.807, 2.05) is 12.1 Å². The van der Waals surface area contributed by atoms with E-state index in [0.717, 1.165) is 12.0 Å². The Morgan fingerprint density at radius 2 is 2.19 bits per heavy atom. The number of hydrogen-bond donors (Lipinski definition) is 2. The van der Waals surface area contributed by atoms with Crippen molar-refractivity contribution in [1.82, 2.24) is 5.48 Å². The van der Waals surface area contributed by atoms with Gasteiger partial charge in [0.15, 0.2) is 0 Å². The summed E-state index contributed by atoms with van der Waals surface area (Å²) in [4.78, 5) is 15.3. The van der Waals surface area contributed by atoms with Gasteiger partial charge in [0.25, 0.3) is 0 Å². The zero-order chi connectivity index (χ0) is 11.8. The first kappa shape index (κ1) is 12.5. The van der Waals surface area contributed by atoms with Gasteiger partial charge < -0.3 is 5.73 Å². The van der Waals surface area contributed by atoms with E-state index in [-0.39, 0.29) is 0 Å². The minimum atomic E-state index is -0.679. The smallest absolute Gasteiger partial charge is 0.336 e. The zero-order valence-corrected chi connectivity index (χ0v) is 9.53. The van der Waals surface area contributed by atoms with Gasteiger partial charge in [-0.25, -0.2) is 10.3 Å². The maximum atomic E-state index is 10.4. The molecule has 4 nitrogen and oxygen atoms in total. The molecule has 0 unspecified atom stereocenters. The summed E-state index contributed by atoms with van der Waals surface area (Å²) in [5.74, 6) is 0. The van der Waals surface area contributed by atoms with Crippen molar-refractivity contribution in [2.75, 3.05) is 0 Å². The second-order valence-corrected chi connectivity index (χ2v) is 3.68. The van der Waals surface area contributed by atoms with Crippen molar-refractivity contribution in [3.05, 3.63) is 35.4 Å². The fourth-order valence-corrected chi connectivity index (χ4v) is 1.45. The van der Waals surface area contributed by atoms with Gasteiger partial charge in [-0.2, -0.15) is 0 Å². The molecular weight excluding hydrogens is 204 g/mol. The molecule has 0 spiro atoms. The summed E-state index contributed by atoms with van der Waals surface area (Å²) < 4.78 is 0. The average Bonchev–Trinajstić information content (AvgIpc) is 2.26. The van der Waals surface area contributed by atoms with E-state index in [2.05, 4.69) is 24.5 Å². The van der Waals surface area contributed by atoms with E-state index in [9.17, 15) is 4.79 Å². The number of hydrogen-bond acceptors (Lipinski definition) is 2. The lowest BCUT2D eigenvalue weighted by atomic mass is 10.1. The minimum absolute atomic E-state index is 0.336.